The second-order valence-electron chi connectivity index (χ2n) is 5.48. The van der Waals surface area contributed by atoms with Crippen molar-refractivity contribution in [3.63, 3.8) is 0 Å². The van der Waals surface area contributed by atoms with Crippen LogP contribution in [0.1, 0.15) is 35.4 Å². The molecule has 0 aliphatic heterocycles. The minimum Gasteiger partial charge on any atom is -0.306 e. The van der Waals surface area contributed by atoms with E-state index < -0.39 is 0 Å². The molecule has 1 N–H and O–H groups in total. The van der Waals surface area contributed by atoms with Crippen LogP contribution < -0.4 is 5.32 Å². The third-order valence-electron chi connectivity index (χ3n) is 3.74. The summed E-state index contributed by atoms with van der Waals surface area (Å²) in [7, 11) is 0. The molecular formula is C19H21NS. The van der Waals surface area contributed by atoms with Gasteiger partial charge in [0.05, 0.1) is 6.04 Å². The summed E-state index contributed by atoms with van der Waals surface area (Å²) in [6, 6.07) is 20.1. The van der Waals surface area contributed by atoms with Crippen LogP contribution in [0.25, 0.3) is 10.1 Å². The molecule has 0 radical (unpaired) electrons. The zero-order valence-electron chi connectivity index (χ0n) is 12.6. The quantitative estimate of drug-likeness (QED) is 0.673. The monoisotopic (exact) mass is 295 g/mol. The molecule has 1 nitrogen and oxygen atoms in total. The number of rotatable bonds is 5. The van der Waals surface area contributed by atoms with E-state index in [1.54, 1.807) is 0 Å². The summed E-state index contributed by atoms with van der Waals surface area (Å²) in [5.41, 5.74) is 2.66. The van der Waals surface area contributed by atoms with Crippen LogP contribution in [0.15, 0.2) is 54.6 Å². The highest BCUT2D eigenvalue weighted by Gasteiger charge is 2.15. The van der Waals surface area contributed by atoms with Crippen LogP contribution in [0.5, 0.6) is 0 Å². The van der Waals surface area contributed by atoms with E-state index in [1.165, 1.54) is 26.1 Å². The number of nitrogens with one attached hydrogen (secondary N) is 1. The Labute approximate surface area is 130 Å². The van der Waals surface area contributed by atoms with Gasteiger partial charge in [-0.2, -0.15) is 0 Å². The molecular weight excluding hydrogens is 274 g/mol. The van der Waals surface area contributed by atoms with Gasteiger partial charge in [0, 0.05) is 9.58 Å². The lowest BCUT2D eigenvalue weighted by molar-refractivity contribution is 0.606. The van der Waals surface area contributed by atoms with Crippen molar-refractivity contribution in [2.75, 3.05) is 6.54 Å². The molecule has 3 rings (SSSR count). The third kappa shape index (κ3) is 3.17. The van der Waals surface area contributed by atoms with Crippen molar-refractivity contribution >= 4 is 21.4 Å². The summed E-state index contributed by atoms with van der Waals surface area (Å²) in [4.78, 5) is 1.40. The van der Waals surface area contributed by atoms with Gasteiger partial charge in [0.15, 0.2) is 0 Å². The van der Waals surface area contributed by atoms with Crippen LogP contribution in [0.2, 0.25) is 0 Å². The van der Waals surface area contributed by atoms with Gasteiger partial charge in [-0.1, -0.05) is 55.0 Å². The first-order chi connectivity index (χ1) is 10.3. The van der Waals surface area contributed by atoms with Gasteiger partial charge in [-0.3, -0.25) is 0 Å². The molecule has 0 spiro atoms. The summed E-state index contributed by atoms with van der Waals surface area (Å²) in [6.07, 6.45) is 1.15. The average molecular weight is 295 g/mol. The number of hydrogen-bond acceptors (Lipinski definition) is 2. The lowest BCUT2D eigenvalue weighted by atomic mass is 10.0. The van der Waals surface area contributed by atoms with Crippen molar-refractivity contribution in [2.45, 2.75) is 26.3 Å². The number of fused-ring (bicyclic) bond motifs is 1. The molecule has 3 aromatic rings. The van der Waals surface area contributed by atoms with Gasteiger partial charge in [0.2, 0.25) is 0 Å². The highest BCUT2D eigenvalue weighted by Crippen LogP contribution is 2.33. The van der Waals surface area contributed by atoms with Gasteiger partial charge in [-0.05, 0) is 43.0 Å². The molecule has 1 aromatic heterocycles. The van der Waals surface area contributed by atoms with Crippen LogP contribution in [-0.2, 0) is 0 Å². The maximum Gasteiger partial charge on any atom is 0.0671 e. The normalized spacial score (nSPS) is 12.7. The van der Waals surface area contributed by atoms with Gasteiger partial charge >= 0.3 is 0 Å². The van der Waals surface area contributed by atoms with E-state index in [0.29, 0.717) is 6.04 Å². The molecule has 0 fully saturated rings. The van der Waals surface area contributed by atoms with E-state index in [2.05, 4.69) is 73.8 Å². The van der Waals surface area contributed by atoms with Gasteiger partial charge in [-0.15, -0.1) is 11.3 Å². The standard InChI is InChI=1S/C19H21NS/c1-3-12-20-19(15-10-8-14(2)9-11-15)18-13-16-6-4-5-7-17(16)21-18/h4-11,13,19-20H,3,12H2,1-2H3. The summed E-state index contributed by atoms with van der Waals surface area (Å²) in [5.74, 6) is 0. The highest BCUT2D eigenvalue weighted by atomic mass is 32.1. The molecule has 0 saturated heterocycles. The second kappa shape index (κ2) is 6.42. The molecule has 1 atom stereocenters. The highest BCUT2D eigenvalue weighted by molar-refractivity contribution is 7.19. The SMILES string of the molecule is CCCNC(c1ccc(C)cc1)c1cc2ccccc2s1. The van der Waals surface area contributed by atoms with Crippen LogP contribution in [-0.4, -0.2) is 6.54 Å². The van der Waals surface area contributed by atoms with Gasteiger partial charge in [0.1, 0.15) is 0 Å². The lowest BCUT2D eigenvalue weighted by Gasteiger charge is -2.18. The Kier molecular flexibility index (Phi) is 4.37. The van der Waals surface area contributed by atoms with E-state index in [4.69, 9.17) is 0 Å². The largest absolute Gasteiger partial charge is 0.306 e. The molecule has 2 heteroatoms. The average Bonchev–Trinajstić information content (AvgIpc) is 2.93. The Morgan fingerprint density at radius 2 is 1.81 bits per heavy atom. The summed E-state index contributed by atoms with van der Waals surface area (Å²) in [6.45, 7) is 5.38. The first kappa shape index (κ1) is 14.3. The lowest BCUT2D eigenvalue weighted by Crippen LogP contribution is -2.22. The van der Waals surface area contributed by atoms with Gasteiger partial charge in [-0.25, -0.2) is 0 Å². The number of hydrogen-bond donors (Lipinski definition) is 1. The van der Waals surface area contributed by atoms with Crippen molar-refractivity contribution in [1.82, 2.24) is 5.32 Å². The summed E-state index contributed by atoms with van der Waals surface area (Å²) < 4.78 is 1.36. The fraction of sp³-hybridized carbons (Fsp3) is 0.263. The molecule has 0 saturated carbocycles. The Bertz CT molecular complexity index is 679. The minimum atomic E-state index is 0.294. The molecule has 1 unspecified atom stereocenters. The van der Waals surface area contributed by atoms with Crippen molar-refractivity contribution < 1.29 is 0 Å². The van der Waals surface area contributed by atoms with Crippen LogP contribution in [0, 0.1) is 6.92 Å². The van der Waals surface area contributed by atoms with Crippen molar-refractivity contribution in [3.05, 3.63) is 70.6 Å². The van der Waals surface area contributed by atoms with E-state index in [9.17, 15) is 0 Å². The Balaban J connectivity index is 1.99. The Morgan fingerprint density at radius 1 is 1.05 bits per heavy atom. The van der Waals surface area contributed by atoms with Crippen molar-refractivity contribution in [3.8, 4) is 0 Å². The summed E-state index contributed by atoms with van der Waals surface area (Å²) in [5, 5.41) is 5.03. The zero-order chi connectivity index (χ0) is 14.7. The molecule has 108 valence electrons. The number of aryl methyl sites for hydroxylation is 1. The van der Waals surface area contributed by atoms with E-state index in [0.717, 1.165) is 13.0 Å². The maximum absolute atomic E-state index is 3.69. The minimum absolute atomic E-state index is 0.294. The Morgan fingerprint density at radius 3 is 2.52 bits per heavy atom. The van der Waals surface area contributed by atoms with E-state index >= 15 is 0 Å². The summed E-state index contributed by atoms with van der Waals surface area (Å²) >= 11 is 1.89. The Hall–Kier alpha value is -1.64. The molecule has 0 aliphatic carbocycles. The fourth-order valence-corrected chi connectivity index (χ4v) is 3.74. The predicted molar refractivity (Wildman–Crippen MR) is 93.1 cm³/mol. The molecule has 0 amide bonds. The first-order valence-corrected chi connectivity index (χ1v) is 8.38. The number of thiophene rings is 1. The number of benzene rings is 2. The topological polar surface area (TPSA) is 12.0 Å². The van der Waals surface area contributed by atoms with Crippen molar-refractivity contribution in [2.24, 2.45) is 0 Å². The zero-order valence-corrected chi connectivity index (χ0v) is 13.4. The van der Waals surface area contributed by atoms with Crippen molar-refractivity contribution in [1.29, 1.82) is 0 Å². The van der Waals surface area contributed by atoms with Gasteiger partial charge < -0.3 is 5.32 Å². The molecule has 21 heavy (non-hydrogen) atoms. The third-order valence-corrected chi connectivity index (χ3v) is 4.92. The molecule has 2 aromatic carbocycles. The molecule has 0 aliphatic rings. The van der Waals surface area contributed by atoms with E-state index in [1.807, 2.05) is 11.3 Å². The van der Waals surface area contributed by atoms with E-state index in [-0.39, 0.29) is 0 Å². The van der Waals surface area contributed by atoms with Gasteiger partial charge in [0.25, 0.3) is 0 Å². The predicted octanol–water partition coefficient (Wildman–Crippen LogP) is 5.30. The van der Waals surface area contributed by atoms with Crippen LogP contribution in [0.3, 0.4) is 0 Å². The van der Waals surface area contributed by atoms with Crippen LogP contribution in [0.4, 0.5) is 0 Å². The molecule has 1 heterocycles. The second-order valence-corrected chi connectivity index (χ2v) is 6.60. The fourth-order valence-electron chi connectivity index (χ4n) is 2.57. The van der Waals surface area contributed by atoms with Crippen LogP contribution >= 0.6 is 11.3 Å². The smallest absolute Gasteiger partial charge is 0.0671 e. The molecule has 0 bridgehead atoms. The maximum atomic E-state index is 3.69. The first-order valence-electron chi connectivity index (χ1n) is 7.56.